The first-order valence-electron chi connectivity index (χ1n) is 6.90. The van der Waals surface area contributed by atoms with Crippen LogP contribution in [0.15, 0.2) is 23.8 Å². The number of allylic oxidation sites excluding steroid dienone is 1. The number of hydrogen-bond donors (Lipinski definition) is 2. The van der Waals surface area contributed by atoms with Crippen molar-refractivity contribution >= 4 is 11.6 Å². The van der Waals surface area contributed by atoms with E-state index < -0.39 is 0 Å². The van der Waals surface area contributed by atoms with Gasteiger partial charge in [0, 0.05) is 12.2 Å². The number of carbonyl (C=O) groups excluding carboxylic acids is 1. The summed E-state index contributed by atoms with van der Waals surface area (Å²) in [6, 6.07) is 3.54. The minimum Gasteiger partial charge on any atom is -0.398 e. The summed E-state index contributed by atoms with van der Waals surface area (Å²) in [6.45, 7) is 6.46. The third-order valence-electron chi connectivity index (χ3n) is 4.09. The molecule has 1 heterocycles. The third-order valence-corrected chi connectivity index (χ3v) is 4.09. The molecule has 4 heteroatoms. The van der Waals surface area contributed by atoms with E-state index in [2.05, 4.69) is 0 Å². The fourth-order valence-electron chi connectivity index (χ4n) is 2.61. The third kappa shape index (κ3) is 2.56. The number of nitrogen functional groups attached to an aromatic ring is 1. The zero-order chi connectivity index (χ0) is 14.9. The summed E-state index contributed by atoms with van der Waals surface area (Å²) in [5.41, 5.74) is 10.3. The Morgan fingerprint density at radius 1 is 1.45 bits per heavy atom. The van der Waals surface area contributed by atoms with Gasteiger partial charge in [0.25, 0.3) is 5.91 Å². The molecule has 0 aliphatic carbocycles. The van der Waals surface area contributed by atoms with Crippen LogP contribution in [-0.4, -0.2) is 35.1 Å². The summed E-state index contributed by atoms with van der Waals surface area (Å²) in [6.07, 6.45) is 2.75. The minimum atomic E-state index is -0.144. The number of carbonyl (C=O) groups is 1. The van der Waals surface area contributed by atoms with E-state index in [1.165, 1.54) is 5.57 Å². The van der Waals surface area contributed by atoms with Crippen LogP contribution >= 0.6 is 0 Å². The van der Waals surface area contributed by atoms with E-state index in [0.29, 0.717) is 17.8 Å². The Balaban J connectivity index is 2.34. The summed E-state index contributed by atoms with van der Waals surface area (Å²) in [5, 5.41) is 9.46. The smallest absolute Gasteiger partial charge is 0.256 e. The summed E-state index contributed by atoms with van der Waals surface area (Å²) in [4.78, 5) is 14.4. The van der Waals surface area contributed by atoms with Crippen molar-refractivity contribution in [3.05, 3.63) is 40.5 Å². The Morgan fingerprint density at radius 3 is 2.70 bits per heavy atom. The second-order valence-corrected chi connectivity index (χ2v) is 5.44. The zero-order valence-corrected chi connectivity index (χ0v) is 12.3. The number of aryl methyl sites for hydroxylation is 2. The molecule has 3 N–H and O–H groups in total. The molecule has 4 nitrogen and oxygen atoms in total. The van der Waals surface area contributed by atoms with Crippen molar-refractivity contribution in [3.63, 3.8) is 0 Å². The average Bonchev–Trinajstić information content (AvgIpc) is 2.85. The van der Waals surface area contributed by atoms with Crippen LogP contribution in [0.1, 0.15) is 34.8 Å². The van der Waals surface area contributed by atoms with Crippen LogP contribution in [0.5, 0.6) is 0 Å². The summed E-state index contributed by atoms with van der Waals surface area (Å²) in [5.74, 6) is -0.0958. The molecule has 1 aromatic rings. The molecule has 2 rings (SSSR count). The lowest BCUT2D eigenvalue weighted by atomic mass is 10.0. The van der Waals surface area contributed by atoms with Crippen LogP contribution < -0.4 is 5.73 Å². The molecule has 0 bridgehead atoms. The predicted octanol–water partition coefficient (Wildman–Crippen LogP) is 2.04. The highest BCUT2D eigenvalue weighted by molar-refractivity contribution is 6.00. The summed E-state index contributed by atoms with van der Waals surface area (Å²) in [7, 11) is 0. The largest absolute Gasteiger partial charge is 0.398 e. The maximum Gasteiger partial charge on any atom is 0.256 e. The number of aliphatic hydroxyl groups is 1. The number of amides is 1. The van der Waals surface area contributed by atoms with Gasteiger partial charge in [-0.3, -0.25) is 4.79 Å². The topological polar surface area (TPSA) is 66.6 Å². The lowest BCUT2D eigenvalue weighted by Crippen LogP contribution is -2.38. The maximum absolute atomic E-state index is 12.7. The summed E-state index contributed by atoms with van der Waals surface area (Å²) < 4.78 is 0. The normalized spacial score (nSPS) is 20.7. The molecule has 1 amide bonds. The van der Waals surface area contributed by atoms with Gasteiger partial charge in [0.15, 0.2) is 0 Å². The molecule has 0 radical (unpaired) electrons. The second kappa shape index (κ2) is 5.67. The van der Waals surface area contributed by atoms with E-state index >= 15 is 0 Å². The molecule has 1 unspecified atom stereocenters. The zero-order valence-electron chi connectivity index (χ0n) is 12.3. The van der Waals surface area contributed by atoms with Gasteiger partial charge >= 0.3 is 0 Å². The second-order valence-electron chi connectivity index (χ2n) is 5.44. The number of hydrogen-bond acceptors (Lipinski definition) is 3. The quantitative estimate of drug-likeness (QED) is 0.640. The minimum absolute atomic E-state index is 0.0200. The van der Waals surface area contributed by atoms with Crippen molar-refractivity contribution in [2.75, 3.05) is 18.9 Å². The molecule has 1 aromatic carbocycles. The molecule has 0 spiro atoms. The number of rotatable bonds is 2. The number of nitrogens with two attached hydrogens (primary N) is 1. The van der Waals surface area contributed by atoms with Crippen molar-refractivity contribution in [1.82, 2.24) is 4.90 Å². The van der Waals surface area contributed by atoms with Gasteiger partial charge < -0.3 is 15.7 Å². The van der Waals surface area contributed by atoms with Crippen LogP contribution in [0.25, 0.3) is 0 Å². The van der Waals surface area contributed by atoms with Crippen molar-refractivity contribution in [2.45, 2.75) is 33.2 Å². The molecule has 1 fully saturated rings. The molecular weight excluding hydrogens is 252 g/mol. The molecule has 1 atom stereocenters. The Labute approximate surface area is 119 Å². The molecule has 1 aliphatic rings. The van der Waals surface area contributed by atoms with Gasteiger partial charge in [-0.15, -0.1) is 0 Å². The Kier molecular flexibility index (Phi) is 4.14. The van der Waals surface area contributed by atoms with Crippen LogP contribution in [0.3, 0.4) is 0 Å². The van der Waals surface area contributed by atoms with Crippen LogP contribution in [0, 0.1) is 13.8 Å². The molecular formula is C16H22N2O2. The van der Waals surface area contributed by atoms with Crippen molar-refractivity contribution in [3.8, 4) is 0 Å². The van der Waals surface area contributed by atoms with Gasteiger partial charge in [-0.2, -0.15) is 0 Å². The average molecular weight is 274 g/mol. The fourth-order valence-corrected chi connectivity index (χ4v) is 2.61. The van der Waals surface area contributed by atoms with E-state index in [1.54, 1.807) is 4.90 Å². The summed E-state index contributed by atoms with van der Waals surface area (Å²) >= 11 is 0. The van der Waals surface area contributed by atoms with Crippen LogP contribution in [-0.2, 0) is 0 Å². The number of aliphatic hydroxyl groups excluding tert-OH is 1. The van der Waals surface area contributed by atoms with Gasteiger partial charge in [0.05, 0.1) is 18.2 Å². The van der Waals surface area contributed by atoms with E-state index in [4.69, 9.17) is 5.73 Å². The highest BCUT2D eigenvalue weighted by Crippen LogP contribution is 2.27. The van der Waals surface area contributed by atoms with Crippen molar-refractivity contribution in [2.24, 2.45) is 0 Å². The predicted molar refractivity (Wildman–Crippen MR) is 80.6 cm³/mol. The van der Waals surface area contributed by atoms with Gasteiger partial charge in [0.2, 0.25) is 0 Å². The van der Waals surface area contributed by atoms with Gasteiger partial charge in [-0.1, -0.05) is 11.6 Å². The molecule has 1 aliphatic heterocycles. The molecule has 20 heavy (non-hydrogen) atoms. The van der Waals surface area contributed by atoms with E-state index in [1.807, 2.05) is 39.0 Å². The first-order chi connectivity index (χ1) is 9.47. The van der Waals surface area contributed by atoms with Crippen molar-refractivity contribution < 1.29 is 9.90 Å². The van der Waals surface area contributed by atoms with Crippen molar-refractivity contribution in [1.29, 1.82) is 0 Å². The number of nitrogens with zero attached hydrogens (tertiary/aromatic N) is 1. The number of benzene rings is 1. The van der Waals surface area contributed by atoms with E-state index in [-0.39, 0.29) is 18.6 Å². The fraction of sp³-hybridized carbons (Fsp3) is 0.438. The number of likely N-dealkylation sites (tertiary alicyclic amines) is 1. The van der Waals surface area contributed by atoms with Gasteiger partial charge in [-0.05, 0) is 50.5 Å². The first-order valence-corrected chi connectivity index (χ1v) is 6.90. The highest BCUT2D eigenvalue weighted by Gasteiger charge is 2.32. The van der Waals surface area contributed by atoms with Crippen LogP contribution in [0.2, 0.25) is 0 Å². The first kappa shape index (κ1) is 14.6. The lowest BCUT2D eigenvalue weighted by molar-refractivity contribution is 0.0680. The SMILES string of the molecule is C/C=C1\CC(CO)N(C(=O)c2cc(C)c(C)cc2N)C1. The van der Waals surface area contributed by atoms with E-state index in [0.717, 1.165) is 17.5 Å². The van der Waals surface area contributed by atoms with Gasteiger partial charge in [-0.25, -0.2) is 0 Å². The number of anilines is 1. The molecule has 108 valence electrons. The Hall–Kier alpha value is -1.81. The van der Waals surface area contributed by atoms with Gasteiger partial charge in [0.1, 0.15) is 0 Å². The lowest BCUT2D eigenvalue weighted by Gasteiger charge is -2.23. The van der Waals surface area contributed by atoms with E-state index in [9.17, 15) is 9.90 Å². The molecule has 0 saturated carbocycles. The maximum atomic E-state index is 12.7. The molecule has 0 aromatic heterocycles. The Morgan fingerprint density at radius 2 is 2.10 bits per heavy atom. The highest BCUT2D eigenvalue weighted by atomic mass is 16.3. The van der Waals surface area contributed by atoms with Crippen LogP contribution in [0.4, 0.5) is 5.69 Å². The standard InChI is InChI=1S/C16H22N2O2/c1-4-12-7-13(9-19)18(8-12)16(20)14-5-10(2)11(3)6-15(14)17/h4-6,13,19H,7-9,17H2,1-3H3/b12-4+. The Bertz CT molecular complexity index is 564. The molecule has 1 saturated heterocycles. The monoisotopic (exact) mass is 274 g/mol.